The number of pyridine rings is 1. The molecule has 1 saturated heterocycles. The number of nitrogens with one attached hydrogen (secondary N) is 3. The van der Waals surface area contributed by atoms with Gasteiger partial charge in [-0.3, -0.25) is 15.1 Å². The summed E-state index contributed by atoms with van der Waals surface area (Å²) >= 11 is 13.2. The van der Waals surface area contributed by atoms with Crippen LogP contribution in [-0.2, 0) is 12.3 Å². The number of halogens is 5. The minimum Gasteiger partial charge on any atom is -0.405 e. The molecule has 4 aromatic rings. The molecule has 0 aliphatic carbocycles. The molecule has 1 aromatic heterocycles. The lowest BCUT2D eigenvalue weighted by molar-refractivity contribution is -0.275. The van der Waals surface area contributed by atoms with Crippen LogP contribution in [0.3, 0.4) is 0 Å². The van der Waals surface area contributed by atoms with Gasteiger partial charge in [0.15, 0.2) is 5.79 Å². The summed E-state index contributed by atoms with van der Waals surface area (Å²) in [7, 11) is 0. The highest BCUT2D eigenvalue weighted by atomic mass is 35.5. The monoisotopic (exact) mass is 575 g/mol. The first-order chi connectivity index (χ1) is 18.7. The van der Waals surface area contributed by atoms with Crippen molar-refractivity contribution in [3.63, 3.8) is 0 Å². The van der Waals surface area contributed by atoms with Crippen molar-refractivity contribution >= 4 is 39.9 Å². The van der Waals surface area contributed by atoms with E-state index in [0.717, 1.165) is 5.39 Å². The second kappa shape index (κ2) is 11.0. The number of fused-ring (bicyclic) bond motifs is 1. The Morgan fingerprint density at radius 1 is 1.00 bits per heavy atom. The molecule has 1 amide bonds. The fraction of sp³-hybridized carbons (Fsp3) is 0.185. The van der Waals surface area contributed by atoms with Gasteiger partial charge in [-0.15, -0.1) is 13.2 Å². The number of hydrogen-bond acceptors (Lipinski definition) is 6. The van der Waals surface area contributed by atoms with Crippen LogP contribution in [0.4, 0.5) is 13.2 Å². The van der Waals surface area contributed by atoms with Crippen LogP contribution < -0.4 is 20.7 Å². The first-order valence-corrected chi connectivity index (χ1v) is 12.7. The molecule has 1 aliphatic heterocycles. The summed E-state index contributed by atoms with van der Waals surface area (Å²) in [5.74, 6) is -2.53. The highest BCUT2D eigenvalue weighted by Crippen LogP contribution is 2.35. The maximum absolute atomic E-state index is 13.9. The van der Waals surface area contributed by atoms with Crippen molar-refractivity contribution in [2.45, 2.75) is 29.9 Å². The van der Waals surface area contributed by atoms with Crippen LogP contribution in [0.2, 0.25) is 0 Å². The zero-order chi connectivity index (χ0) is 27.6. The molecule has 3 atom stereocenters. The number of amides is 1. The van der Waals surface area contributed by atoms with Gasteiger partial charge in [0.05, 0.1) is 0 Å². The summed E-state index contributed by atoms with van der Waals surface area (Å²) in [6, 6.07) is 23.6. The number of para-hydroxylation sites is 1. The maximum atomic E-state index is 13.9. The van der Waals surface area contributed by atoms with Crippen LogP contribution >= 0.6 is 23.2 Å². The van der Waals surface area contributed by atoms with Gasteiger partial charge in [-0.2, -0.15) is 0 Å². The first kappa shape index (κ1) is 27.2. The largest absolute Gasteiger partial charge is 0.573 e. The zero-order valence-corrected chi connectivity index (χ0v) is 21.6. The number of nitrogens with zero attached hydrogens (tertiary/aromatic N) is 2. The normalized spacial score (nSPS) is 22.0. The average molecular weight is 576 g/mol. The van der Waals surface area contributed by atoms with Crippen LogP contribution in [0.15, 0.2) is 91.1 Å². The van der Waals surface area contributed by atoms with Gasteiger partial charge in [0.1, 0.15) is 22.7 Å². The minimum atomic E-state index is -4.90. The number of ether oxygens (including phenoxy) is 1. The predicted octanol–water partition coefficient (Wildman–Crippen LogP) is 5.41. The highest BCUT2D eigenvalue weighted by Gasteiger charge is 2.49. The van der Waals surface area contributed by atoms with Crippen molar-refractivity contribution in [3.05, 3.63) is 108 Å². The smallest absolute Gasteiger partial charge is 0.405 e. The molecule has 1 fully saturated rings. The molecule has 0 bridgehead atoms. The first-order valence-electron chi connectivity index (χ1n) is 11.8. The van der Waals surface area contributed by atoms with Crippen LogP contribution in [0.25, 0.3) is 10.8 Å². The third-order valence-electron chi connectivity index (χ3n) is 6.24. The number of hydrogen-bond donors (Lipinski definition) is 3. The minimum absolute atomic E-state index is 0.154. The molecule has 7 nitrogen and oxygen atoms in total. The van der Waals surface area contributed by atoms with Crippen molar-refractivity contribution in [1.82, 2.24) is 25.8 Å². The van der Waals surface area contributed by atoms with Gasteiger partial charge in [-0.25, -0.2) is 10.2 Å². The Labute approximate surface area is 231 Å². The van der Waals surface area contributed by atoms with E-state index < -0.39 is 35.1 Å². The lowest BCUT2D eigenvalue weighted by atomic mass is 10.0. The summed E-state index contributed by atoms with van der Waals surface area (Å²) in [4.78, 5) is 19.7. The van der Waals surface area contributed by atoms with E-state index in [1.807, 2.05) is 12.1 Å². The Bertz CT molecular complexity index is 1470. The van der Waals surface area contributed by atoms with E-state index in [2.05, 4.69) is 25.7 Å². The van der Waals surface area contributed by atoms with Crippen molar-refractivity contribution in [3.8, 4) is 5.75 Å². The molecular weight excluding hydrogens is 554 g/mol. The van der Waals surface area contributed by atoms with E-state index >= 15 is 0 Å². The second-order valence-electron chi connectivity index (χ2n) is 8.70. The van der Waals surface area contributed by atoms with E-state index in [1.165, 1.54) is 24.4 Å². The average Bonchev–Trinajstić information content (AvgIpc) is 2.90. The fourth-order valence-corrected chi connectivity index (χ4v) is 5.25. The van der Waals surface area contributed by atoms with Gasteiger partial charge in [-0.05, 0) is 17.5 Å². The Hall–Kier alpha value is -3.41. The lowest BCUT2D eigenvalue weighted by Crippen LogP contribution is -2.76. The van der Waals surface area contributed by atoms with Crippen molar-refractivity contribution in [2.24, 2.45) is 0 Å². The predicted molar refractivity (Wildman–Crippen MR) is 142 cm³/mol. The number of alkyl halides is 5. The standard InChI is InChI=1S/C27H22Cl2F3N5O2/c28-24-34-25(29)37(16-18-9-5-7-13-21(18)39-27(30,31)32)26(36-24,19-10-2-1-3-11-19)35-23(38)22-20-12-6-4-8-17(20)14-15-33-22/h1-15,24-25,34,36H,16H2,(H,35,38). The molecule has 39 heavy (non-hydrogen) atoms. The van der Waals surface area contributed by atoms with Gasteiger partial charge in [0.25, 0.3) is 5.91 Å². The van der Waals surface area contributed by atoms with Crippen LogP contribution in [0.1, 0.15) is 21.6 Å². The molecule has 3 aromatic carbocycles. The molecule has 3 N–H and O–H groups in total. The lowest BCUT2D eigenvalue weighted by Gasteiger charge is -2.52. The molecule has 0 spiro atoms. The van der Waals surface area contributed by atoms with Crippen LogP contribution in [-0.4, -0.2) is 33.4 Å². The quantitative estimate of drug-likeness (QED) is 0.211. The Kier molecular flexibility index (Phi) is 7.66. The number of carbonyl (C=O) groups is 1. The van der Waals surface area contributed by atoms with E-state index in [4.69, 9.17) is 23.2 Å². The second-order valence-corrected chi connectivity index (χ2v) is 9.55. The molecule has 5 rings (SSSR count). The molecule has 3 unspecified atom stereocenters. The van der Waals surface area contributed by atoms with E-state index in [-0.39, 0.29) is 17.8 Å². The number of rotatable bonds is 6. The molecule has 2 heterocycles. The van der Waals surface area contributed by atoms with Crippen LogP contribution in [0, 0.1) is 0 Å². The van der Waals surface area contributed by atoms with Crippen molar-refractivity contribution < 1.29 is 22.7 Å². The Morgan fingerprint density at radius 3 is 2.46 bits per heavy atom. The highest BCUT2D eigenvalue weighted by molar-refractivity contribution is 6.23. The van der Waals surface area contributed by atoms with Gasteiger partial charge in [0.2, 0.25) is 0 Å². The summed E-state index contributed by atoms with van der Waals surface area (Å²) in [6.45, 7) is -0.178. The Morgan fingerprint density at radius 2 is 1.69 bits per heavy atom. The summed E-state index contributed by atoms with van der Waals surface area (Å²) in [5, 5.41) is 10.5. The molecule has 1 aliphatic rings. The fourth-order valence-electron chi connectivity index (χ4n) is 4.56. The van der Waals surface area contributed by atoms with Crippen molar-refractivity contribution in [2.75, 3.05) is 0 Å². The van der Waals surface area contributed by atoms with E-state index in [9.17, 15) is 18.0 Å². The van der Waals surface area contributed by atoms with Crippen molar-refractivity contribution in [1.29, 1.82) is 0 Å². The van der Waals surface area contributed by atoms with E-state index in [1.54, 1.807) is 59.5 Å². The SMILES string of the molecule is O=C(NC1(c2ccccc2)NC(Cl)NC(Cl)N1Cc1ccccc1OC(F)(F)F)c1nccc2ccccc12. The number of benzene rings is 3. The van der Waals surface area contributed by atoms with Gasteiger partial charge < -0.3 is 10.1 Å². The molecule has 12 heteroatoms. The zero-order valence-electron chi connectivity index (χ0n) is 20.1. The van der Waals surface area contributed by atoms with Gasteiger partial charge in [0, 0.05) is 29.3 Å². The van der Waals surface area contributed by atoms with E-state index in [0.29, 0.717) is 10.9 Å². The summed E-state index contributed by atoms with van der Waals surface area (Å²) in [6.07, 6.45) is -3.37. The molecule has 0 saturated carbocycles. The van der Waals surface area contributed by atoms with Gasteiger partial charge >= 0.3 is 6.36 Å². The van der Waals surface area contributed by atoms with Gasteiger partial charge in [-0.1, -0.05) is 96.0 Å². The third kappa shape index (κ3) is 5.80. The van der Waals surface area contributed by atoms with Crippen LogP contribution in [0.5, 0.6) is 5.75 Å². The maximum Gasteiger partial charge on any atom is 0.573 e. The number of carbonyl (C=O) groups excluding carboxylic acids is 1. The number of aromatic nitrogens is 1. The third-order valence-corrected chi connectivity index (χ3v) is 6.83. The topological polar surface area (TPSA) is 78.5 Å². The molecule has 202 valence electrons. The summed E-state index contributed by atoms with van der Waals surface area (Å²) < 4.78 is 43.8. The molecule has 0 radical (unpaired) electrons. The molecular formula is C27H22Cl2F3N5O2. The Balaban J connectivity index is 1.61. The summed E-state index contributed by atoms with van der Waals surface area (Å²) in [5.41, 5.74) is -1.10.